The molecule has 4 aromatic rings. The first-order valence-electron chi connectivity index (χ1n) is 6.78. The van der Waals surface area contributed by atoms with Gasteiger partial charge in [0.1, 0.15) is 0 Å². The summed E-state index contributed by atoms with van der Waals surface area (Å²) in [4.78, 5) is 13.0. The number of anilines is 1. The zero-order valence-corrected chi connectivity index (χ0v) is 14.5. The van der Waals surface area contributed by atoms with Crippen molar-refractivity contribution < 1.29 is 0 Å². The van der Waals surface area contributed by atoms with Crippen molar-refractivity contribution in [1.29, 1.82) is 0 Å². The monoisotopic (exact) mass is 386 g/mol. The van der Waals surface area contributed by atoms with Crippen LogP contribution in [0.25, 0.3) is 27.9 Å². The number of fused-ring (bicyclic) bond motifs is 2. The van der Waals surface area contributed by atoms with Gasteiger partial charge in [-0.15, -0.1) is 5.10 Å². The van der Waals surface area contributed by atoms with E-state index >= 15 is 0 Å². The Hall–Kier alpha value is -2.19. The lowest BCUT2D eigenvalue weighted by Gasteiger charge is -2.02. The Kier molecular flexibility index (Phi) is 3.42. The summed E-state index contributed by atoms with van der Waals surface area (Å²) in [7, 11) is 0. The quantitative estimate of drug-likeness (QED) is 0.531. The highest BCUT2D eigenvalue weighted by Crippen LogP contribution is 2.28. The summed E-state index contributed by atoms with van der Waals surface area (Å²) in [6, 6.07) is 12.2. The van der Waals surface area contributed by atoms with E-state index in [4.69, 9.17) is 5.73 Å². The van der Waals surface area contributed by atoms with Gasteiger partial charge in [0.15, 0.2) is 11.0 Å². The summed E-state index contributed by atoms with van der Waals surface area (Å²) in [6.45, 7) is 0. The molecule has 0 saturated carbocycles. The van der Waals surface area contributed by atoms with Crippen molar-refractivity contribution in [1.82, 2.24) is 24.6 Å². The van der Waals surface area contributed by atoms with Crippen molar-refractivity contribution in [3.05, 3.63) is 40.9 Å². The van der Waals surface area contributed by atoms with Gasteiger partial charge in [0.05, 0.1) is 0 Å². The molecule has 2 aromatic heterocycles. The van der Waals surface area contributed by atoms with E-state index in [9.17, 15) is 0 Å². The number of aromatic nitrogens is 5. The Morgan fingerprint density at radius 2 is 2.00 bits per heavy atom. The maximum atomic E-state index is 5.92. The lowest BCUT2D eigenvalue weighted by molar-refractivity contribution is 0.851. The molecule has 2 heterocycles. The lowest BCUT2D eigenvalue weighted by atomic mass is 10.1. The van der Waals surface area contributed by atoms with Gasteiger partial charge in [-0.05, 0) is 29.2 Å². The zero-order chi connectivity index (χ0) is 16.0. The molecular formula is C15H11BrN6S. The molecule has 6 nitrogen and oxygen atoms in total. The molecule has 0 spiro atoms. The van der Waals surface area contributed by atoms with Gasteiger partial charge in [0, 0.05) is 10.0 Å². The maximum absolute atomic E-state index is 5.92. The Morgan fingerprint density at radius 3 is 2.83 bits per heavy atom. The Labute approximate surface area is 144 Å². The van der Waals surface area contributed by atoms with Crippen LogP contribution >= 0.6 is 27.7 Å². The molecule has 0 atom stereocenters. The van der Waals surface area contributed by atoms with Gasteiger partial charge in [0.2, 0.25) is 5.95 Å². The SMILES string of the molecule is CSc1nc(N)n2nc(-c3ccc4c(Br)cccc4c3)nc2n1. The molecular weight excluding hydrogens is 376 g/mol. The number of hydrogen-bond acceptors (Lipinski definition) is 6. The van der Waals surface area contributed by atoms with Crippen molar-refractivity contribution >= 4 is 50.2 Å². The molecule has 114 valence electrons. The highest BCUT2D eigenvalue weighted by molar-refractivity contribution is 9.10. The third kappa shape index (κ3) is 2.43. The smallest absolute Gasteiger partial charge is 0.258 e. The Bertz CT molecular complexity index is 1040. The molecule has 23 heavy (non-hydrogen) atoms. The minimum absolute atomic E-state index is 0.279. The first-order valence-corrected chi connectivity index (χ1v) is 8.80. The van der Waals surface area contributed by atoms with Crippen molar-refractivity contribution in [3.8, 4) is 11.4 Å². The first kappa shape index (κ1) is 14.4. The second kappa shape index (κ2) is 5.47. The van der Waals surface area contributed by atoms with Crippen molar-refractivity contribution in [2.45, 2.75) is 5.16 Å². The van der Waals surface area contributed by atoms with E-state index in [-0.39, 0.29) is 5.95 Å². The number of thioether (sulfide) groups is 1. The van der Waals surface area contributed by atoms with E-state index in [0.717, 1.165) is 20.8 Å². The third-order valence-corrected chi connectivity index (χ3v) is 4.72. The number of rotatable bonds is 2. The molecule has 4 rings (SSSR count). The van der Waals surface area contributed by atoms with Crippen LogP contribution in [0.5, 0.6) is 0 Å². The van der Waals surface area contributed by atoms with Gasteiger partial charge >= 0.3 is 0 Å². The molecule has 0 unspecified atom stereocenters. The minimum atomic E-state index is 0.279. The normalized spacial score (nSPS) is 11.4. The largest absolute Gasteiger partial charge is 0.368 e. The molecule has 2 aromatic carbocycles. The van der Waals surface area contributed by atoms with Crippen LogP contribution in [0.3, 0.4) is 0 Å². The molecule has 0 bridgehead atoms. The lowest BCUT2D eigenvalue weighted by Crippen LogP contribution is -2.04. The van der Waals surface area contributed by atoms with Crippen LogP contribution in [0.2, 0.25) is 0 Å². The number of nitrogens with zero attached hydrogens (tertiary/aromatic N) is 5. The van der Waals surface area contributed by atoms with Crippen molar-refractivity contribution in [2.24, 2.45) is 0 Å². The standard InChI is InChI=1S/C15H11BrN6S/c1-23-15-19-13(17)22-14(20-15)18-12(21-22)9-5-6-10-8(7-9)3-2-4-11(10)16/h2-7H,1H3,(H2,17,18,19,20,21). The first-order chi connectivity index (χ1) is 11.2. The summed E-state index contributed by atoms with van der Waals surface area (Å²) < 4.78 is 2.52. The minimum Gasteiger partial charge on any atom is -0.368 e. The molecule has 0 amide bonds. The number of benzene rings is 2. The van der Waals surface area contributed by atoms with E-state index in [0.29, 0.717) is 16.8 Å². The van der Waals surface area contributed by atoms with Crippen LogP contribution < -0.4 is 5.73 Å². The van der Waals surface area contributed by atoms with Gasteiger partial charge < -0.3 is 5.73 Å². The highest BCUT2D eigenvalue weighted by atomic mass is 79.9. The molecule has 0 radical (unpaired) electrons. The molecule has 8 heteroatoms. The second-order valence-electron chi connectivity index (χ2n) is 4.89. The van der Waals surface area contributed by atoms with E-state index in [2.05, 4.69) is 42.0 Å². The van der Waals surface area contributed by atoms with Gasteiger partial charge in [-0.1, -0.05) is 52.0 Å². The van der Waals surface area contributed by atoms with Crippen LogP contribution in [0, 0.1) is 0 Å². The summed E-state index contributed by atoms with van der Waals surface area (Å²) in [6.07, 6.45) is 1.89. The third-order valence-electron chi connectivity index (χ3n) is 3.48. The van der Waals surface area contributed by atoms with Gasteiger partial charge in [-0.2, -0.15) is 19.5 Å². The Balaban J connectivity index is 1.90. The average molecular weight is 387 g/mol. The molecule has 0 aliphatic carbocycles. The van der Waals surface area contributed by atoms with Gasteiger partial charge in [-0.25, -0.2) is 0 Å². The molecule has 0 fully saturated rings. The van der Waals surface area contributed by atoms with Gasteiger partial charge in [-0.3, -0.25) is 0 Å². The summed E-state index contributed by atoms with van der Waals surface area (Å²) in [5.74, 6) is 1.30. The summed E-state index contributed by atoms with van der Waals surface area (Å²) >= 11 is 4.98. The van der Waals surface area contributed by atoms with Crippen LogP contribution in [-0.2, 0) is 0 Å². The van der Waals surface area contributed by atoms with Gasteiger partial charge in [0.25, 0.3) is 5.78 Å². The maximum Gasteiger partial charge on any atom is 0.258 e. The van der Waals surface area contributed by atoms with E-state index in [1.54, 1.807) is 0 Å². The molecule has 0 saturated heterocycles. The number of halogens is 1. The fourth-order valence-corrected chi connectivity index (χ4v) is 3.25. The topological polar surface area (TPSA) is 82.0 Å². The van der Waals surface area contributed by atoms with E-state index in [1.807, 2.05) is 36.6 Å². The summed E-state index contributed by atoms with van der Waals surface area (Å²) in [5.41, 5.74) is 6.83. The van der Waals surface area contributed by atoms with Crippen LogP contribution in [0.4, 0.5) is 5.95 Å². The predicted molar refractivity (Wildman–Crippen MR) is 95.4 cm³/mol. The van der Waals surface area contributed by atoms with Crippen LogP contribution in [0.1, 0.15) is 0 Å². The number of hydrogen-bond donors (Lipinski definition) is 1. The van der Waals surface area contributed by atoms with Crippen molar-refractivity contribution in [3.63, 3.8) is 0 Å². The average Bonchev–Trinajstić information content (AvgIpc) is 2.99. The summed E-state index contributed by atoms with van der Waals surface area (Å²) in [5, 5.41) is 7.26. The highest BCUT2D eigenvalue weighted by Gasteiger charge is 2.12. The van der Waals surface area contributed by atoms with E-state index < -0.39 is 0 Å². The second-order valence-corrected chi connectivity index (χ2v) is 6.52. The fourth-order valence-electron chi connectivity index (χ4n) is 2.38. The zero-order valence-electron chi connectivity index (χ0n) is 12.1. The number of nitrogen functional groups attached to an aromatic ring is 1. The molecule has 2 N–H and O–H groups in total. The number of nitrogens with two attached hydrogens (primary N) is 1. The van der Waals surface area contributed by atoms with Crippen molar-refractivity contribution in [2.75, 3.05) is 12.0 Å². The van der Waals surface area contributed by atoms with Crippen LogP contribution in [-0.4, -0.2) is 30.8 Å². The molecule has 0 aliphatic rings. The molecule has 0 aliphatic heterocycles. The fraction of sp³-hybridized carbons (Fsp3) is 0.0667. The van der Waals surface area contributed by atoms with E-state index in [1.165, 1.54) is 16.3 Å². The van der Waals surface area contributed by atoms with Crippen LogP contribution in [0.15, 0.2) is 46.0 Å². The Morgan fingerprint density at radius 1 is 1.13 bits per heavy atom. The predicted octanol–water partition coefficient (Wildman–Crippen LogP) is 3.41.